The molecule has 8 heteroatoms. The molecule has 148 valence electrons. The Balaban J connectivity index is 2.08. The SMILES string of the molecule is COc1cc(C(=O)N2C[C@@H](C)[C@H](C(=O)O)C2)ccc1OCC(=O)NC(C)C. The largest absolute Gasteiger partial charge is 0.493 e. The molecule has 0 spiro atoms. The average Bonchev–Trinajstić information content (AvgIpc) is 3.00. The van der Waals surface area contributed by atoms with E-state index < -0.39 is 11.9 Å². The topological polar surface area (TPSA) is 105 Å². The first-order chi connectivity index (χ1) is 12.7. The van der Waals surface area contributed by atoms with Crippen LogP contribution in [-0.4, -0.2) is 60.6 Å². The van der Waals surface area contributed by atoms with Gasteiger partial charge >= 0.3 is 5.97 Å². The monoisotopic (exact) mass is 378 g/mol. The number of carboxylic acid groups (broad SMARTS) is 1. The molecule has 0 unspecified atom stereocenters. The van der Waals surface area contributed by atoms with Crippen molar-refractivity contribution in [1.82, 2.24) is 10.2 Å². The number of amides is 2. The van der Waals surface area contributed by atoms with Gasteiger partial charge in [-0.2, -0.15) is 0 Å². The molecule has 2 rings (SSSR count). The van der Waals surface area contributed by atoms with E-state index in [2.05, 4.69) is 5.32 Å². The molecule has 1 aliphatic heterocycles. The fourth-order valence-electron chi connectivity index (χ4n) is 3.06. The van der Waals surface area contributed by atoms with E-state index in [1.165, 1.54) is 18.1 Å². The number of nitrogens with zero attached hydrogens (tertiary/aromatic N) is 1. The van der Waals surface area contributed by atoms with Crippen molar-refractivity contribution in [2.45, 2.75) is 26.8 Å². The van der Waals surface area contributed by atoms with Crippen LogP contribution in [0.3, 0.4) is 0 Å². The molecule has 1 aliphatic rings. The molecule has 1 heterocycles. The number of aliphatic carboxylic acids is 1. The number of ether oxygens (including phenoxy) is 2. The first kappa shape index (κ1) is 20.5. The van der Waals surface area contributed by atoms with Crippen LogP contribution in [0.4, 0.5) is 0 Å². The number of hydrogen-bond acceptors (Lipinski definition) is 5. The Labute approximate surface area is 158 Å². The Hall–Kier alpha value is -2.77. The number of carboxylic acids is 1. The molecule has 0 aromatic heterocycles. The first-order valence-electron chi connectivity index (χ1n) is 8.85. The number of benzene rings is 1. The van der Waals surface area contributed by atoms with E-state index in [1.54, 1.807) is 12.1 Å². The minimum absolute atomic E-state index is 0.0143. The predicted octanol–water partition coefficient (Wildman–Crippen LogP) is 1.39. The molecule has 1 aromatic rings. The normalized spacial score (nSPS) is 19.1. The summed E-state index contributed by atoms with van der Waals surface area (Å²) in [5.74, 6) is -1.37. The van der Waals surface area contributed by atoms with E-state index in [1.807, 2.05) is 20.8 Å². The number of carbonyl (C=O) groups excluding carboxylic acids is 2. The van der Waals surface area contributed by atoms with Crippen LogP contribution in [0.5, 0.6) is 11.5 Å². The highest BCUT2D eigenvalue weighted by molar-refractivity contribution is 5.95. The highest BCUT2D eigenvalue weighted by Crippen LogP contribution is 2.30. The third-order valence-corrected chi connectivity index (χ3v) is 4.44. The Morgan fingerprint density at radius 2 is 1.96 bits per heavy atom. The summed E-state index contributed by atoms with van der Waals surface area (Å²) in [6.45, 7) is 5.95. The van der Waals surface area contributed by atoms with Crippen molar-refractivity contribution in [3.63, 3.8) is 0 Å². The summed E-state index contributed by atoms with van der Waals surface area (Å²) in [6, 6.07) is 4.71. The zero-order valence-corrected chi connectivity index (χ0v) is 16.0. The van der Waals surface area contributed by atoms with Gasteiger partial charge in [0.2, 0.25) is 0 Å². The summed E-state index contributed by atoms with van der Waals surface area (Å²) in [7, 11) is 1.45. The molecular formula is C19H26N2O6. The van der Waals surface area contributed by atoms with Crippen molar-refractivity contribution in [2.75, 3.05) is 26.8 Å². The smallest absolute Gasteiger partial charge is 0.308 e. The van der Waals surface area contributed by atoms with Gasteiger partial charge in [0.05, 0.1) is 13.0 Å². The summed E-state index contributed by atoms with van der Waals surface area (Å²) in [6.07, 6.45) is 0. The Morgan fingerprint density at radius 1 is 1.26 bits per heavy atom. The third-order valence-electron chi connectivity index (χ3n) is 4.44. The van der Waals surface area contributed by atoms with Crippen LogP contribution in [0.2, 0.25) is 0 Å². The number of nitrogens with one attached hydrogen (secondary N) is 1. The van der Waals surface area contributed by atoms with Crippen LogP contribution in [0.15, 0.2) is 18.2 Å². The second-order valence-electron chi connectivity index (χ2n) is 7.01. The molecule has 1 aromatic carbocycles. The molecule has 0 aliphatic carbocycles. The van der Waals surface area contributed by atoms with Gasteiger partial charge in [0.15, 0.2) is 18.1 Å². The fourth-order valence-corrected chi connectivity index (χ4v) is 3.06. The van der Waals surface area contributed by atoms with Gasteiger partial charge in [-0.25, -0.2) is 0 Å². The Bertz CT molecular complexity index is 718. The molecule has 8 nitrogen and oxygen atoms in total. The number of methoxy groups -OCH3 is 1. The molecule has 27 heavy (non-hydrogen) atoms. The van der Waals surface area contributed by atoms with E-state index in [4.69, 9.17) is 9.47 Å². The van der Waals surface area contributed by atoms with E-state index in [0.717, 1.165) is 0 Å². The van der Waals surface area contributed by atoms with Crippen LogP contribution in [0, 0.1) is 11.8 Å². The lowest BCUT2D eigenvalue weighted by Crippen LogP contribution is -2.34. The highest BCUT2D eigenvalue weighted by Gasteiger charge is 2.37. The summed E-state index contributed by atoms with van der Waals surface area (Å²) in [5, 5.41) is 11.9. The maximum atomic E-state index is 12.7. The van der Waals surface area contributed by atoms with E-state index >= 15 is 0 Å². The van der Waals surface area contributed by atoms with Crippen molar-refractivity contribution in [2.24, 2.45) is 11.8 Å². The van der Waals surface area contributed by atoms with Gasteiger partial charge < -0.3 is 24.8 Å². The number of carbonyl (C=O) groups is 3. The number of likely N-dealkylation sites (tertiary alicyclic amines) is 1. The number of rotatable bonds is 7. The van der Waals surface area contributed by atoms with Gasteiger partial charge in [-0.05, 0) is 38.0 Å². The van der Waals surface area contributed by atoms with Gasteiger partial charge in [0, 0.05) is 24.7 Å². The maximum Gasteiger partial charge on any atom is 0.308 e. The highest BCUT2D eigenvalue weighted by atomic mass is 16.5. The van der Waals surface area contributed by atoms with Crippen LogP contribution in [-0.2, 0) is 9.59 Å². The summed E-state index contributed by atoms with van der Waals surface area (Å²) >= 11 is 0. The summed E-state index contributed by atoms with van der Waals surface area (Å²) in [4.78, 5) is 37.2. The predicted molar refractivity (Wildman–Crippen MR) is 98.0 cm³/mol. The number of hydrogen-bond donors (Lipinski definition) is 2. The third kappa shape index (κ3) is 5.12. The lowest BCUT2D eigenvalue weighted by molar-refractivity contribution is -0.142. The summed E-state index contributed by atoms with van der Waals surface area (Å²) in [5.41, 5.74) is 0.379. The van der Waals surface area contributed by atoms with E-state index in [-0.39, 0.29) is 36.9 Å². The quantitative estimate of drug-likeness (QED) is 0.743. The minimum atomic E-state index is -0.890. The zero-order valence-electron chi connectivity index (χ0n) is 16.0. The molecule has 0 bridgehead atoms. The van der Waals surface area contributed by atoms with Gasteiger partial charge in [-0.15, -0.1) is 0 Å². The van der Waals surface area contributed by atoms with Crippen LogP contribution in [0.25, 0.3) is 0 Å². The molecule has 2 atom stereocenters. The molecule has 1 fully saturated rings. The van der Waals surface area contributed by atoms with Crippen LogP contribution >= 0.6 is 0 Å². The van der Waals surface area contributed by atoms with Crippen molar-refractivity contribution >= 4 is 17.8 Å². The summed E-state index contributed by atoms with van der Waals surface area (Å²) < 4.78 is 10.7. The van der Waals surface area contributed by atoms with Crippen molar-refractivity contribution in [3.8, 4) is 11.5 Å². The molecule has 0 radical (unpaired) electrons. The van der Waals surface area contributed by atoms with Crippen molar-refractivity contribution in [3.05, 3.63) is 23.8 Å². The Morgan fingerprint density at radius 3 is 2.52 bits per heavy atom. The standard InChI is InChI=1S/C19H26N2O6/c1-11(2)20-17(22)10-27-15-6-5-13(7-16(15)26-4)18(23)21-8-12(3)14(9-21)19(24)25/h5-7,11-12,14H,8-10H2,1-4H3,(H,20,22)(H,24,25)/t12-,14-/m1/s1. The average molecular weight is 378 g/mol. The van der Waals surface area contributed by atoms with E-state index in [0.29, 0.717) is 23.6 Å². The maximum absolute atomic E-state index is 12.7. The van der Waals surface area contributed by atoms with E-state index in [9.17, 15) is 19.5 Å². The van der Waals surface area contributed by atoms with Gasteiger partial charge in [0.1, 0.15) is 0 Å². The molecule has 2 amide bonds. The van der Waals surface area contributed by atoms with Crippen LogP contribution < -0.4 is 14.8 Å². The van der Waals surface area contributed by atoms with Crippen molar-refractivity contribution < 1.29 is 29.0 Å². The lowest BCUT2D eigenvalue weighted by Gasteiger charge is -2.17. The van der Waals surface area contributed by atoms with Crippen molar-refractivity contribution in [1.29, 1.82) is 0 Å². The molecule has 2 N–H and O–H groups in total. The fraction of sp³-hybridized carbons (Fsp3) is 0.526. The Kier molecular flexibility index (Phi) is 6.65. The zero-order chi connectivity index (χ0) is 20.1. The molecular weight excluding hydrogens is 352 g/mol. The first-order valence-corrected chi connectivity index (χ1v) is 8.85. The second-order valence-corrected chi connectivity index (χ2v) is 7.01. The minimum Gasteiger partial charge on any atom is -0.493 e. The van der Waals surface area contributed by atoms with Gasteiger partial charge in [-0.1, -0.05) is 6.92 Å². The lowest BCUT2D eigenvalue weighted by atomic mass is 9.99. The van der Waals surface area contributed by atoms with Gasteiger partial charge in [-0.3, -0.25) is 14.4 Å². The van der Waals surface area contributed by atoms with Crippen LogP contribution in [0.1, 0.15) is 31.1 Å². The molecule has 0 saturated carbocycles. The molecule has 1 saturated heterocycles. The second kappa shape index (κ2) is 8.75. The van der Waals surface area contributed by atoms with Gasteiger partial charge in [0.25, 0.3) is 11.8 Å².